The fraction of sp³-hybridized carbons (Fsp3) is 0.259. The number of furan rings is 1. The van der Waals surface area contributed by atoms with Crippen LogP contribution >= 0.6 is 0 Å². The molecule has 0 aliphatic carbocycles. The lowest BCUT2D eigenvalue weighted by Gasteiger charge is -2.10. The summed E-state index contributed by atoms with van der Waals surface area (Å²) in [5, 5.41) is 9.26. The molecule has 2 aromatic carbocycles. The molecular formula is C27H30N4O7. The molecule has 0 aliphatic rings. The fourth-order valence-electron chi connectivity index (χ4n) is 3.26. The molecular weight excluding hydrogens is 492 g/mol. The van der Waals surface area contributed by atoms with Crippen molar-refractivity contribution in [2.75, 3.05) is 27.4 Å². The van der Waals surface area contributed by atoms with E-state index in [4.69, 9.17) is 18.6 Å². The monoisotopic (exact) mass is 522 g/mol. The zero-order valence-corrected chi connectivity index (χ0v) is 21.2. The molecule has 1 aromatic heterocycles. The molecule has 3 N–H and O–H groups in total. The van der Waals surface area contributed by atoms with E-state index < -0.39 is 11.8 Å². The van der Waals surface area contributed by atoms with Gasteiger partial charge < -0.3 is 29.3 Å². The van der Waals surface area contributed by atoms with Crippen molar-refractivity contribution in [3.8, 4) is 17.2 Å². The molecule has 1 heterocycles. The number of methoxy groups -OCH3 is 2. The molecule has 0 bridgehead atoms. The number of benzene rings is 2. The first-order valence-electron chi connectivity index (χ1n) is 11.8. The Balaban J connectivity index is 1.32. The number of nitrogens with one attached hydrogen (secondary N) is 3. The second-order valence-corrected chi connectivity index (χ2v) is 7.97. The van der Waals surface area contributed by atoms with Crippen LogP contribution in [0.3, 0.4) is 0 Å². The van der Waals surface area contributed by atoms with Gasteiger partial charge in [-0.1, -0.05) is 6.07 Å². The van der Waals surface area contributed by atoms with Gasteiger partial charge in [0.15, 0.2) is 18.1 Å². The summed E-state index contributed by atoms with van der Waals surface area (Å²) in [6.45, 7) is 0.517. The van der Waals surface area contributed by atoms with Gasteiger partial charge in [-0.15, -0.1) is 0 Å². The quantitative estimate of drug-likeness (QED) is 0.167. The van der Waals surface area contributed by atoms with Crippen LogP contribution in [0.15, 0.2) is 70.4 Å². The normalized spacial score (nSPS) is 10.6. The summed E-state index contributed by atoms with van der Waals surface area (Å²) >= 11 is 0. The van der Waals surface area contributed by atoms with Crippen LogP contribution < -0.4 is 30.3 Å². The van der Waals surface area contributed by atoms with Crippen LogP contribution in [0.2, 0.25) is 0 Å². The molecule has 11 heteroatoms. The van der Waals surface area contributed by atoms with E-state index >= 15 is 0 Å². The molecule has 0 unspecified atom stereocenters. The van der Waals surface area contributed by atoms with Crippen LogP contribution in [0.25, 0.3) is 0 Å². The summed E-state index contributed by atoms with van der Waals surface area (Å²) in [6.07, 6.45) is 3.20. The van der Waals surface area contributed by atoms with Crippen LogP contribution in [-0.2, 0) is 27.3 Å². The van der Waals surface area contributed by atoms with Gasteiger partial charge in [0.2, 0.25) is 11.8 Å². The number of nitrogens with zero attached hydrogens (tertiary/aromatic N) is 1. The number of rotatable bonds is 14. The van der Waals surface area contributed by atoms with Crippen LogP contribution in [0.4, 0.5) is 0 Å². The Kier molecular flexibility index (Phi) is 10.7. The Morgan fingerprint density at radius 3 is 2.42 bits per heavy atom. The van der Waals surface area contributed by atoms with E-state index in [1.54, 1.807) is 56.7 Å². The van der Waals surface area contributed by atoms with Gasteiger partial charge in [-0.2, -0.15) is 5.10 Å². The second kappa shape index (κ2) is 14.7. The molecule has 0 atom stereocenters. The minimum Gasteiger partial charge on any atom is -0.493 e. The predicted octanol–water partition coefficient (Wildman–Crippen LogP) is 2.19. The number of amides is 3. The number of hydrogen-bond donors (Lipinski definition) is 3. The molecule has 0 saturated heterocycles. The summed E-state index contributed by atoms with van der Waals surface area (Å²) in [6, 6.07) is 15.8. The van der Waals surface area contributed by atoms with Crippen molar-refractivity contribution in [3.63, 3.8) is 0 Å². The summed E-state index contributed by atoms with van der Waals surface area (Å²) in [7, 11) is 3.12. The smallest absolute Gasteiger partial charge is 0.258 e. The van der Waals surface area contributed by atoms with Crippen molar-refractivity contribution in [1.29, 1.82) is 0 Å². The average molecular weight is 523 g/mol. The van der Waals surface area contributed by atoms with Gasteiger partial charge in [0.25, 0.3) is 5.91 Å². The average Bonchev–Trinajstić information content (AvgIpc) is 3.45. The van der Waals surface area contributed by atoms with E-state index in [2.05, 4.69) is 21.2 Å². The maximum Gasteiger partial charge on any atom is 0.258 e. The minimum atomic E-state index is -0.537. The van der Waals surface area contributed by atoms with Gasteiger partial charge in [0.1, 0.15) is 17.9 Å². The summed E-state index contributed by atoms with van der Waals surface area (Å²) in [5.74, 6) is 1.17. The third kappa shape index (κ3) is 9.34. The van der Waals surface area contributed by atoms with Crippen LogP contribution in [0, 0.1) is 0 Å². The highest BCUT2D eigenvalue weighted by atomic mass is 16.5. The Hall–Kier alpha value is -4.80. The van der Waals surface area contributed by atoms with E-state index in [1.807, 2.05) is 12.1 Å². The Bertz CT molecular complexity index is 1220. The molecule has 3 aromatic rings. The molecule has 0 fully saturated rings. The van der Waals surface area contributed by atoms with E-state index in [9.17, 15) is 14.4 Å². The van der Waals surface area contributed by atoms with Crippen molar-refractivity contribution in [2.24, 2.45) is 5.10 Å². The first kappa shape index (κ1) is 27.8. The third-order valence-electron chi connectivity index (χ3n) is 5.20. The number of carbonyl (C=O) groups excluding carboxylic acids is 3. The molecule has 3 amide bonds. The first-order chi connectivity index (χ1) is 18.5. The van der Waals surface area contributed by atoms with Crippen molar-refractivity contribution >= 4 is 23.9 Å². The predicted molar refractivity (Wildman–Crippen MR) is 139 cm³/mol. The van der Waals surface area contributed by atoms with Gasteiger partial charge in [-0.3, -0.25) is 14.4 Å². The molecule has 0 radical (unpaired) electrons. The Morgan fingerprint density at radius 1 is 0.921 bits per heavy atom. The Morgan fingerprint density at radius 2 is 1.71 bits per heavy atom. The highest BCUT2D eigenvalue weighted by molar-refractivity contribution is 5.97. The summed E-state index contributed by atoms with van der Waals surface area (Å²) in [4.78, 5) is 35.9. The van der Waals surface area contributed by atoms with E-state index in [-0.39, 0.29) is 25.5 Å². The largest absolute Gasteiger partial charge is 0.493 e. The lowest BCUT2D eigenvalue weighted by atomic mass is 10.1. The fourth-order valence-corrected chi connectivity index (χ4v) is 3.26. The lowest BCUT2D eigenvalue weighted by molar-refractivity contribution is -0.129. The van der Waals surface area contributed by atoms with Crippen LogP contribution in [0.5, 0.6) is 17.2 Å². The van der Waals surface area contributed by atoms with E-state index in [1.165, 1.54) is 12.5 Å². The minimum absolute atomic E-state index is 0.138. The topological polar surface area (TPSA) is 140 Å². The van der Waals surface area contributed by atoms with Crippen molar-refractivity contribution < 1.29 is 33.0 Å². The van der Waals surface area contributed by atoms with Gasteiger partial charge in [0, 0.05) is 6.54 Å². The first-order valence-corrected chi connectivity index (χ1v) is 11.8. The summed E-state index contributed by atoms with van der Waals surface area (Å²) in [5.41, 5.74) is 3.98. The van der Waals surface area contributed by atoms with Gasteiger partial charge in [-0.25, -0.2) is 5.43 Å². The van der Waals surface area contributed by atoms with Crippen molar-refractivity contribution in [3.05, 3.63) is 77.7 Å². The summed E-state index contributed by atoms with van der Waals surface area (Å²) < 4.78 is 21.1. The molecule has 0 spiro atoms. The maximum atomic E-state index is 12.0. The highest BCUT2D eigenvalue weighted by Crippen LogP contribution is 2.27. The van der Waals surface area contributed by atoms with Gasteiger partial charge in [-0.05, 0) is 66.1 Å². The van der Waals surface area contributed by atoms with Gasteiger partial charge in [0.05, 0.1) is 33.2 Å². The van der Waals surface area contributed by atoms with Crippen LogP contribution in [0.1, 0.15) is 23.3 Å². The standard InChI is InChI=1S/C27H30N4O7/c1-35-23-10-7-19(14-24(23)36-2)11-12-28-25(32)15-26(33)31-30-16-20-5-8-21(9-6-20)38-18-27(34)29-17-22-4-3-13-37-22/h3-10,13-14,16H,11-12,15,17-18H2,1-2H3,(H,28,32)(H,29,34)(H,31,33). The van der Waals surface area contributed by atoms with Crippen LogP contribution in [-0.4, -0.2) is 51.3 Å². The molecule has 3 rings (SSSR count). The SMILES string of the molecule is COc1ccc(CCNC(=O)CC(=O)NN=Cc2ccc(OCC(=O)NCc3ccco3)cc2)cc1OC. The molecule has 200 valence electrons. The zero-order valence-electron chi connectivity index (χ0n) is 21.2. The Labute approximate surface area is 220 Å². The maximum absolute atomic E-state index is 12.0. The highest BCUT2D eigenvalue weighted by Gasteiger charge is 2.09. The number of ether oxygens (including phenoxy) is 3. The second-order valence-electron chi connectivity index (χ2n) is 7.97. The van der Waals surface area contributed by atoms with Gasteiger partial charge >= 0.3 is 0 Å². The molecule has 11 nitrogen and oxygen atoms in total. The molecule has 0 aliphatic heterocycles. The third-order valence-corrected chi connectivity index (χ3v) is 5.20. The number of hydrogen-bond acceptors (Lipinski definition) is 8. The van der Waals surface area contributed by atoms with Crippen molar-refractivity contribution in [1.82, 2.24) is 16.1 Å². The number of carbonyl (C=O) groups is 3. The van der Waals surface area contributed by atoms with Crippen molar-refractivity contribution in [2.45, 2.75) is 19.4 Å². The zero-order chi connectivity index (χ0) is 27.2. The molecule has 38 heavy (non-hydrogen) atoms. The van der Waals surface area contributed by atoms with E-state index in [0.717, 1.165) is 5.56 Å². The molecule has 0 saturated carbocycles. The number of hydrazone groups is 1. The van der Waals surface area contributed by atoms with E-state index in [0.29, 0.717) is 41.5 Å². The lowest BCUT2D eigenvalue weighted by Crippen LogP contribution is -2.31.